The van der Waals surface area contributed by atoms with E-state index in [0.29, 0.717) is 18.5 Å². The van der Waals surface area contributed by atoms with E-state index in [2.05, 4.69) is 10.6 Å². The predicted octanol–water partition coefficient (Wildman–Crippen LogP) is 2.00. The number of carbonyl (C=O) groups excluding carboxylic acids is 1. The van der Waals surface area contributed by atoms with E-state index in [0.717, 1.165) is 5.56 Å². The van der Waals surface area contributed by atoms with Crippen LogP contribution >= 0.6 is 0 Å². The summed E-state index contributed by atoms with van der Waals surface area (Å²) in [4.78, 5) is 22.3. The predicted molar refractivity (Wildman–Crippen MR) is 77.5 cm³/mol. The smallest absolute Gasteiger partial charge is 0.315 e. The van der Waals surface area contributed by atoms with Crippen molar-refractivity contribution in [3.63, 3.8) is 0 Å². The molecule has 0 saturated carbocycles. The summed E-state index contributed by atoms with van der Waals surface area (Å²) in [5.74, 6) is -0.886. The Balaban J connectivity index is 2.42. The first-order valence-corrected chi connectivity index (χ1v) is 6.59. The molecule has 0 aromatic heterocycles. The fourth-order valence-electron chi connectivity index (χ4n) is 1.71. The second-order valence-electron chi connectivity index (χ2n) is 5.39. The van der Waals surface area contributed by atoms with E-state index in [9.17, 15) is 9.59 Å². The van der Waals surface area contributed by atoms with Crippen molar-refractivity contribution >= 4 is 12.0 Å². The summed E-state index contributed by atoms with van der Waals surface area (Å²) in [5.41, 5.74) is 0.859. The highest BCUT2D eigenvalue weighted by atomic mass is 16.4. The molecule has 1 rings (SSSR count). The van der Waals surface area contributed by atoms with Gasteiger partial charge in [0.2, 0.25) is 0 Å². The van der Waals surface area contributed by atoms with Gasteiger partial charge in [0.05, 0.1) is 11.6 Å². The van der Waals surface area contributed by atoms with Gasteiger partial charge >= 0.3 is 12.0 Å². The molecule has 112 valence electrons. The van der Waals surface area contributed by atoms with Crippen LogP contribution in [0.1, 0.15) is 37.8 Å². The minimum atomic E-state index is -0.886. The van der Waals surface area contributed by atoms with Crippen LogP contribution in [0, 0.1) is 11.3 Å². The first-order valence-electron chi connectivity index (χ1n) is 6.59. The highest BCUT2D eigenvalue weighted by Gasteiger charge is 2.21. The molecule has 0 atom stereocenters. The van der Waals surface area contributed by atoms with Crippen molar-refractivity contribution in [3.05, 3.63) is 35.4 Å². The molecule has 21 heavy (non-hydrogen) atoms. The molecule has 0 radical (unpaired) electrons. The molecule has 0 heterocycles. The van der Waals surface area contributed by atoms with Crippen molar-refractivity contribution < 1.29 is 14.7 Å². The van der Waals surface area contributed by atoms with Gasteiger partial charge in [0, 0.05) is 18.5 Å². The molecule has 0 aliphatic heterocycles. The normalized spacial score (nSPS) is 10.5. The third-order valence-corrected chi connectivity index (χ3v) is 2.95. The maximum absolute atomic E-state index is 11.8. The number of carboxylic acid groups (broad SMARTS) is 1. The zero-order valence-corrected chi connectivity index (χ0v) is 12.1. The van der Waals surface area contributed by atoms with Gasteiger partial charge in [-0.15, -0.1) is 0 Å². The lowest BCUT2D eigenvalue weighted by Gasteiger charge is -2.25. The summed E-state index contributed by atoms with van der Waals surface area (Å²) in [6.45, 7) is 3.89. The summed E-state index contributed by atoms with van der Waals surface area (Å²) in [5, 5.41) is 22.8. The Kier molecular flexibility index (Phi) is 5.73. The second kappa shape index (κ2) is 7.29. The quantitative estimate of drug-likeness (QED) is 0.745. The monoisotopic (exact) mass is 289 g/mol. The summed E-state index contributed by atoms with van der Waals surface area (Å²) in [6, 6.07) is 8.59. The van der Waals surface area contributed by atoms with Crippen LogP contribution in [0.5, 0.6) is 0 Å². The molecule has 0 spiro atoms. The van der Waals surface area contributed by atoms with Gasteiger partial charge in [0.15, 0.2) is 0 Å². The zero-order valence-electron chi connectivity index (χ0n) is 12.1. The lowest BCUT2D eigenvalue weighted by molar-refractivity contribution is -0.137. The number of carbonyl (C=O) groups is 2. The molecule has 1 aromatic carbocycles. The van der Waals surface area contributed by atoms with Gasteiger partial charge in [0.1, 0.15) is 0 Å². The van der Waals surface area contributed by atoms with Gasteiger partial charge in [-0.3, -0.25) is 4.79 Å². The summed E-state index contributed by atoms with van der Waals surface area (Å²) in [7, 11) is 0. The Morgan fingerprint density at radius 3 is 2.43 bits per heavy atom. The van der Waals surface area contributed by atoms with Crippen LogP contribution < -0.4 is 10.6 Å². The second-order valence-corrected chi connectivity index (χ2v) is 5.39. The minimum absolute atomic E-state index is 0.00288. The third-order valence-electron chi connectivity index (χ3n) is 2.95. The Labute approximate surface area is 123 Å². The molecule has 6 heteroatoms. The van der Waals surface area contributed by atoms with E-state index in [-0.39, 0.29) is 12.5 Å². The molecule has 2 amide bonds. The Bertz CT molecular complexity index is 544. The SMILES string of the molecule is CC(C)(CCC(=O)O)NC(=O)NCc1ccc(C#N)cc1. The number of carboxylic acids is 1. The number of benzene rings is 1. The number of nitriles is 1. The van der Waals surface area contributed by atoms with Crippen LogP contribution in [0.4, 0.5) is 4.79 Å². The van der Waals surface area contributed by atoms with E-state index < -0.39 is 11.5 Å². The van der Waals surface area contributed by atoms with E-state index in [1.807, 2.05) is 6.07 Å². The van der Waals surface area contributed by atoms with Gasteiger partial charge in [-0.25, -0.2) is 4.79 Å². The third kappa shape index (κ3) is 6.43. The first kappa shape index (κ1) is 16.5. The van der Waals surface area contributed by atoms with Gasteiger partial charge < -0.3 is 15.7 Å². The van der Waals surface area contributed by atoms with E-state index in [4.69, 9.17) is 10.4 Å². The lowest BCUT2D eigenvalue weighted by atomic mass is 9.99. The van der Waals surface area contributed by atoms with Crippen LogP contribution in [0.25, 0.3) is 0 Å². The molecular weight excluding hydrogens is 270 g/mol. The molecule has 3 N–H and O–H groups in total. The van der Waals surface area contributed by atoms with Crippen molar-refractivity contribution in [3.8, 4) is 6.07 Å². The fourth-order valence-corrected chi connectivity index (χ4v) is 1.71. The maximum Gasteiger partial charge on any atom is 0.315 e. The van der Waals surface area contributed by atoms with E-state index >= 15 is 0 Å². The summed E-state index contributed by atoms with van der Waals surface area (Å²) < 4.78 is 0. The number of aliphatic carboxylic acids is 1. The molecule has 0 saturated heterocycles. The van der Waals surface area contributed by atoms with E-state index in [1.165, 1.54) is 0 Å². The number of nitrogens with zero attached hydrogens (tertiary/aromatic N) is 1. The highest BCUT2D eigenvalue weighted by molar-refractivity contribution is 5.75. The van der Waals surface area contributed by atoms with Crippen LogP contribution in [-0.2, 0) is 11.3 Å². The standard InChI is InChI=1S/C15H19N3O3/c1-15(2,8-7-13(19)20)18-14(21)17-10-12-5-3-11(9-16)4-6-12/h3-6H,7-8,10H2,1-2H3,(H,19,20)(H2,17,18,21). The van der Waals surface area contributed by atoms with Gasteiger partial charge in [-0.05, 0) is 38.0 Å². The van der Waals surface area contributed by atoms with Crippen molar-refractivity contribution in [1.82, 2.24) is 10.6 Å². The Morgan fingerprint density at radius 2 is 1.90 bits per heavy atom. The average molecular weight is 289 g/mol. The topological polar surface area (TPSA) is 102 Å². The zero-order chi connectivity index (χ0) is 15.9. The molecule has 6 nitrogen and oxygen atoms in total. The van der Waals surface area contributed by atoms with Crippen molar-refractivity contribution in [2.75, 3.05) is 0 Å². The highest BCUT2D eigenvalue weighted by Crippen LogP contribution is 2.11. The number of nitrogens with one attached hydrogen (secondary N) is 2. The van der Waals surface area contributed by atoms with Crippen LogP contribution in [0.15, 0.2) is 24.3 Å². The molecule has 0 aliphatic rings. The van der Waals surface area contributed by atoms with Crippen LogP contribution in [0.2, 0.25) is 0 Å². The number of amides is 2. The lowest BCUT2D eigenvalue weighted by Crippen LogP contribution is -2.48. The van der Waals surface area contributed by atoms with Gasteiger partial charge in [0.25, 0.3) is 0 Å². The summed E-state index contributed by atoms with van der Waals surface area (Å²) >= 11 is 0. The van der Waals surface area contributed by atoms with Crippen molar-refractivity contribution in [2.24, 2.45) is 0 Å². The molecule has 0 unspecified atom stereocenters. The molecule has 1 aromatic rings. The molecule has 0 fully saturated rings. The fraction of sp³-hybridized carbons (Fsp3) is 0.400. The van der Waals surface area contributed by atoms with Crippen molar-refractivity contribution in [2.45, 2.75) is 38.8 Å². The number of hydrogen-bond acceptors (Lipinski definition) is 3. The Hall–Kier alpha value is -2.55. The average Bonchev–Trinajstić information content (AvgIpc) is 2.43. The van der Waals surface area contributed by atoms with Crippen molar-refractivity contribution in [1.29, 1.82) is 5.26 Å². The summed E-state index contributed by atoms with van der Waals surface area (Å²) in [6.07, 6.45) is 0.357. The molecule has 0 bridgehead atoms. The van der Waals surface area contributed by atoms with Crippen LogP contribution in [-0.4, -0.2) is 22.6 Å². The van der Waals surface area contributed by atoms with E-state index in [1.54, 1.807) is 38.1 Å². The first-order chi connectivity index (χ1) is 9.82. The molecular formula is C15H19N3O3. The van der Waals surface area contributed by atoms with Gasteiger partial charge in [-0.1, -0.05) is 12.1 Å². The molecule has 0 aliphatic carbocycles. The number of hydrogen-bond donors (Lipinski definition) is 3. The van der Waals surface area contributed by atoms with Crippen LogP contribution in [0.3, 0.4) is 0 Å². The largest absolute Gasteiger partial charge is 0.481 e. The van der Waals surface area contributed by atoms with Gasteiger partial charge in [-0.2, -0.15) is 5.26 Å². The minimum Gasteiger partial charge on any atom is -0.481 e. The maximum atomic E-state index is 11.8. The Morgan fingerprint density at radius 1 is 1.29 bits per heavy atom. The number of rotatable bonds is 6. The number of urea groups is 1.